The number of esters is 1. The summed E-state index contributed by atoms with van der Waals surface area (Å²) in [6, 6.07) is 8.25. The molecule has 0 unspecified atom stereocenters. The number of carbonyl (C=O) groups is 2. The van der Waals surface area contributed by atoms with E-state index in [0.717, 1.165) is 0 Å². The van der Waals surface area contributed by atoms with Gasteiger partial charge in [-0.2, -0.15) is 0 Å². The molecule has 0 amide bonds. The molecule has 0 bridgehead atoms. The van der Waals surface area contributed by atoms with Crippen LogP contribution in [-0.4, -0.2) is 97.6 Å². The number of rotatable bonds is 21. The highest BCUT2D eigenvalue weighted by molar-refractivity contribution is 6.40. The maximum absolute atomic E-state index is 11.8. The van der Waals surface area contributed by atoms with E-state index in [-0.39, 0.29) is 13.2 Å². The highest BCUT2D eigenvalue weighted by Gasteiger charge is 2.16. The van der Waals surface area contributed by atoms with Crippen LogP contribution < -0.4 is 0 Å². The lowest BCUT2D eigenvalue weighted by Crippen LogP contribution is -2.20. The number of ketones is 1. The fourth-order valence-corrected chi connectivity index (χ4v) is 2.20. The van der Waals surface area contributed by atoms with Crippen molar-refractivity contribution >= 4 is 11.8 Å². The SMILES string of the molecule is C#CCOCCOCCOCCOCCOCCOCCOC(=O)C(=O)c1ccccc1. The van der Waals surface area contributed by atoms with E-state index >= 15 is 0 Å². The Morgan fingerprint density at radius 3 is 1.47 bits per heavy atom. The Hall–Kier alpha value is -2.32. The topological polar surface area (TPSA) is 98.8 Å². The summed E-state index contributed by atoms with van der Waals surface area (Å²) in [5.74, 6) is 0.815. The maximum Gasteiger partial charge on any atom is 0.379 e. The predicted octanol–water partition coefficient (Wildman–Crippen LogP) is 1.15. The van der Waals surface area contributed by atoms with E-state index in [4.69, 9.17) is 39.6 Å². The predicted molar refractivity (Wildman–Crippen MR) is 115 cm³/mol. The molecule has 0 aromatic heterocycles. The minimum Gasteiger partial charge on any atom is -0.457 e. The zero-order valence-electron chi connectivity index (χ0n) is 18.3. The molecule has 1 aromatic rings. The van der Waals surface area contributed by atoms with Gasteiger partial charge in [-0.25, -0.2) is 4.79 Å². The number of terminal acetylenes is 1. The lowest BCUT2D eigenvalue weighted by Gasteiger charge is -2.08. The van der Waals surface area contributed by atoms with Crippen LogP contribution in [0.3, 0.4) is 0 Å². The Morgan fingerprint density at radius 1 is 0.625 bits per heavy atom. The smallest absolute Gasteiger partial charge is 0.379 e. The van der Waals surface area contributed by atoms with Gasteiger partial charge in [-0.3, -0.25) is 4.79 Å². The van der Waals surface area contributed by atoms with Crippen molar-refractivity contribution in [1.29, 1.82) is 0 Å². The normalized spacial score (nSPS) is 10.6. The molecule has 178 valence electrons. The van der Waals surface area contributed by atoms with Crippen LogP contribution in [0.5, 0.6) is 0 Å². The lowest BCUT2D eigenvalue weighted by molar-refractivity contribution is -0.139. The molecule has 1 aromatic carbocycles. The van der Waals surface area contributed by atoms with Gasteiger partial charge in [0.15, 0.2) is 0 Å². The summed E-state index contributed by atoms with van der Waals surface area (Å²) in [5, 5.41) is 0. The Morgan fingerprint density at radius 2 is 1.03 bits per heavy atom. The van der Waals surface area contributed by atoms with Crippen LogP contribution in [-0.2, 0) is 38.0 Å². The summed E-state index contributed by atoms with van der Waals surface area (Å²) >= 11 is 0. The van der Waals surface area contributed by atoms with Gasteiger partial charge in [-0.1, -0.05) is 36.3 Å². The van der Waals surface area contributed by atoms with E-state index < -0.39 is 11.8 Å². The third-order valence-electron chi connectivity index (χ3n) is 3.73. The highest BCUT2D eigenvalue weighted by atomic mass is 16.6. The van der Waals surface area contributed by atoms with Crippen molar-refractivity contribution in [3.05, 3.63) is 35.9 Å². The van der Waals surface area contributed by atoms with E-state index in [0.29, 0.717) is 78.2 Å². The van der Waals surface area contributed by atoms with Crippen molar-refractivity contribution in [3.8, 4) is 12.3 Å². The fourth-order valence-electron chi connectivity index (χ4n) is 2.20. The third-order valence-corrected chi connectivity index (χ3v) is 3.73. The van der Waals surface area contributed by atoms with E-state index in [1.54, 1.807) is 30.3 Å². The lowest BCUT2D eigenvalue weighted by atomic mass is 10.1. The minimum absolute atomic E-state index is 0.00506. The molecule has 0 aliphatic carbocycles. The Labute approximate surface area is 189 Å². The molecule has 0 aliphatic heterocycles. The van der Waals surface area contributed by atoms with Gasteiger partial charge in [0.05, 0.1) is 72.7 Å². The average molecular weight is 453 g/mol. The van der Waals surface area contributed by atoms with E-state index in [1.807, 2.05) is 0 Å². The monoisotopic (exact) mass is 452 g/mol. The van der Waals surface area contributed by atoms with Crippen molar-refractivity contribution in [1.82, 2.24) is 0 Å². The largest absolute Gasteiger partial charge is 0.457 e. The zero-order chi connectivity index (χ0) is 23.1. The molecule has 0 spiro atoms. The fraction of sp³-hybridized carbons (Fsp3) is 0.565. The van der Waals surface area contributed by atoms with Crippen LogP contribution in [0.25, 0.3) is 0 Å². The van der Waals surface area contributed by atoms with Gasteiger partial charge in [0.2, 0.25) is 0 Å². The zero-order valence-corrected chi connectivity index (χ0v) is 18.3. The quantitative estimate of drug-likeness (QED) is 0.0894. The maximum atomic E-state index is 11.8. The van der Waals surface area contributed by atoms with Crippen molar-refractivity contribution in [2.45, 2.75) is 0 Å². The van der Waals surface area contributed by atoms with Crippen LogP contribution in [0.15, 0.2) is 30.3 Å². The molecule has 9 nitrogen and oxygen atoms in total. The van der Waals surface area contributed by atoms with Gasteiger partial charge >= 0.3 is 5.97 Å². The van der Waals surface area contributed by atoms with E-state index in [1.165, 1.54) is 0 Å². The van der Waals surface area contributed by atoms with Gasteiger partial charge in [-0.15, -0.1) is 6.42 Å². The molecule has 0 radical (unpaired) electrons. The third kappa shape index (κ3) is 15.5. The first-order valence-corrected chi connectivity index (χ1v) is 10.4. The number of Topliss-reactive ketones (excluding diaryl/α,β-unsaturated/α-hetero) is 1. The summed E-state index contributed by atoms with van der Waals surface area (Å²) in [6.07, 6.45) is 5.05. The second-order valence-electron chi connectivity index (χ2n) is 6.15. The first-order valence-electron chi connectivity index (χ1n) is 10.4. The molecule has 0 fully saturated rings. The Bertz CT molecular complexity index is 643. The molecule has 9 heteroatoms. The number of hydrogen-bond donors (Lipinski definition) is 0. The van der Waals surface area contributed by atoms with E-state index in [2.05, 4.69) is 5.92 Å². The molecular weight excluding hydrogens is 420 g/mol. The molecule has 0 N–H and O–H groups in total. The van der Waals surface area contributed by atoms with Gasteiger partial charge in [0, 0.05) is 5.56 Å². The molecule has 32 heavy (non-hydrogen) atoms. The second kappa shape index (κ2) is 20.6. The highest BCUT2D eigenvalue weighted by Crippen LogP contribution is 2.01. The van der Waals surface area contributed by atoms with E-state index in [9.17, 15) is 9.59 Å². The number of ether oxygens (including phenoxy) is 7. The van der Waals surface area contributed by atoms with Crippen LogP contribution in [0.4, 0.5) is 0 Å². The van der Waals surface area contributed by atoms with Gasteiger partial charge in [-0.05, 0) is 0 Å². The summed E-state index contributed by atoms with van der Waals surface area (Å²) in [4.78, 5) is 23.5. The number of carbonyl (C=O) groups excluding carboxylic acids is 2. The summed E-state index contributed by atoms with van der Waals surface area (Å²) in [6.45, 7) is 5.00. The second-order valence-corrected chi connectivity index (χ2v) is 6.15. The molecule has 0 aliphatic rings. The van der Waals surface area contributed by atoms with Crippen molar-refractivity contribution in [2.24, 2.45) is 0 Å². The van der Waals surface area contributed by atoms with Gasteiger partial charge < -0.3 is 33.2 Å². The van der Waals surface area contributed by atoms with Crippen molar-refractivity contribution < 1.29 is 42.7 Å². The molecule has 0 saturated carbocycles. The number of hydrogen-bond acceptors (Lipinski definition) is 9. The Kier molecular flexibility index (Phi) is 17.8. The first-order chi connectivity index (χ1) is 15.8. The molecule has 0 heterocycles. The first kappa shape index (κ1) is 27.7. The van der Waals surface area contributed by atoms with Crippen LogP contribution >= 0.6 is 0 Å². The standard InChI is InChI=1S/C23H32O9/c1-2-8-26-9-10-27-11-12-28-13-14-29-15-16-30-17-18-31-19-20-32-23(25)22(24)21-6-4-3-5-7-21/h1,3-7H,8-20H2. The molecule has 1 rings (SSSR count). The summed E-state index contributed by atoms with van der Waals surface area (Å²) < 4.78 is 36.6. The van der Waals surface area contributed by atoms with Crippen LogP contribution in [0.2, 0.25) is 0 Å². The van der Waals surface area contributed by atoms with Gasteiger partial charge in [0.1, 0.15) is 13.2 Å². The molecule has 0 saturated heterocycles. The Balaban J connectivity index is 1.77. The summed E-state index contributed by atoms with van der Waals surface area (Å²) in [7, 11) is 0. The molecule has 0 atom stereocenters. The van der Waals surface area contributed by atoms with Crippen LogP contribution in [0.1, 0.15) is 10.4 Å². The summed E-state index contributed by atoms with van der Waals surface area (Å²) in [5.41, 5.74) is 0.299. The average Bonchev–Trinajstić information content (AvgIpc) is 2.82. The van der Waals surface area contributed by atoms with Gasteiger partial charge in [0.25, 0.3) is 5.78 Å². The van der Waals surface area contributed by atoms with Crippen molar-refractivity contribution in [2.75, 3.05) is 85.9 Å². The van der Waals surface area contributed by atoms with Crippen LogP contribution in [0, 0.1) is 12.3 Å². The van der Waals surface area contributed by atoms with Crippen molar-refractivity contribution in [3.63, 3.8) is 0 Å². The number of benzene rings is 1. The molecular formula is C23H32O9. The minimum atomic E-state index is -0.893.